The van der Waals surface area contributed by atoms with Gasteiger partial charge >= 0.3 is 5.69 Å². The van der Waals surface area contributed by atoms with Crippen LogP contribution in [0.15, 0.2) is 21.9 Å². The lowest BCUT2D eigenvalue weighted by molar-refractivity contribution is 0.737. The Kier molecular flexibility index (Phi) is 4.90. The van der Waals surface area contributed by atoms with Gasteiger partial charge in [-0.25, -0.2) is 4.79 Å². The summed E-state index contributed by atoms with van der Waals surface area (Å²) in [5, 5.41) is 8.10. The van der Waals surface area contributed by atoms with Crippen LogP contribution in [-0.2, 0) is 0 Å². The summed E-state index contributed by atoms with van der Waals surface area (Å²) in [6, 6.07) is 1.89. The molecule has 22 heavy (non-hydrogen) atoms. The van der Waals surface area contributed by atoms with Gasteiger partial charge in [0.05, 0.1) is 11.3 Å². The standard InChI is InChI=1S/C12H12N4O2.C4H10/c1-6-8(7-2-3-7)4-10(16-15-6)9-5-13-12(18)14-11(9)17;1-4(2)3/h4-5,7H,2-3H2,1H3,(H2,13,14,17,18);4H,1-3H3. The fourth-order valence-electron chi connectivity index (χ4n) is 2.01. The number of H-pyrrole nitrogens is 2. The van der Waals surface area contributed by atoms with Crippen molar-refractivity contribution >= 4 is 0 Å². The number of nitrogens with zero attached hydrogens (tertiary/aromatic N) is 2. The third-order valence-electron chi connectivity index (χ3n) is 3.13. The van der Waals surface area contributed by atoms with Gasteiger partial charge in [-0.1, -0.05) is 20.8 Å². The lowest BCUT2D eigenvalue weighted by atomic mass is 10.1. The van der Waals surface area contributed by atoms with E-state index in [2.05, 4.69) is 40.9 Å². The molecular weight excluding hydrogens is 280 g/mol. The molecule has 0 unspecified atom stereocenters. The minimum Gasteiger partial charge on any atom is -0.313 e. The van der Waals surface area contributed by atoms with Crippen molar-refractivity contribution in [2.75, 3.05) is 0 Å². The molecule has 1 aliphatic carbocycles. The van der Waals surface area contributed by atoms with Crippen LogP contribution in [0.1, 0.15) is 50.8 Å². The van der Waals surface area contributed by atoms with Crippen molar-refractivity contribution < 1.29 is 0 Å². The molecule has 6 nitrogen and oxygen atoms in total. The van der Waals surface area contributed by atoms with Crippen LogP contribution in [0.25, 0.3) is 11.3 Å². The maximum Gasteiger partial charge on any atom is 0.325 e. The van der Waals surface area contributed by atoms with E-state index < -0.39 is 11.2 Å². The number of rotatable bonds is 2. The highest BCUT2D eigenvalue weighted by molar-refractivity contribution is 5.57. The molecule has 0 amide bonds. The summed E-state index contributed by atoms with van der Waals surface area (Å²) < 4.78 is 0. The molecule has 2 aromatic rings. The van der Waals surface area contributed by atoms with Crippen LogP contribution in [0.5, 0.6) is 0 Å². The average molecular weight is 302 g/mol. The second-order valence-corrected chi connectivity index (χ2v) is 6.26. The summed E-state index contributed by atoms with van der Waals surface area (Å²) in [5.74, 6) is 1.38. The monoisotopic (exact) mass is 302 g/mol. The van der Waals surface area contributed by atoms with Gasteiger partial charge in [0.2, 0.25) is 0 Å². The molecule has 1 saturated carbocycles. The molecule has 0 atom stereocenters. The normalized spacial score (nSPS) is 13.7. The Bertz CT molecular complexity index is 754. The van der Waals surface area contributed by atoms with Gasteiger partial charge in [-0.05, 0) is 43.2 Å². The minimum absolute atomic E-state index is 0.337. The molecule has 1 aliphatic rings. The molecule has 0 aromatic carbocycles. The van der Waals surface area contributed by atoms with Crippen LogP contribution in [0.4, 0.5) is 0 Å². The lowest BCUT2D eigenvalue weighted by Crippen LogP contribution is -2.23. The van der Waals surface area contributed by atoms with Gasteiger partial charge in [0, 0.05) is 6.20 Å². The summed E-state index contributed by atoms with van der Waals surface area (Å²) in [7, 11) is 0. The first-order valence-electron chi connectivity index (χ1n) is 7.55. The predicted octanol–water partition coefficient (Wildman–Crippen LogP) is 2.37. The Morgan fingerprint density at radius 2 is 1.82 bits per heavy atom. The number of aromatic amines is 2. The van der Waals surface area contributed by atoms with Crippen LogP contribution in [-0.4, -0.2) is 20.2 Å². The number of hydrogen-bond acceptors (Lipinski definition) is 4. The van der Waals surface area contributed by atoms with Crippen LogP contribution in [0.3, 0.4) is 0 Å². The zero-order valence-electron chi connectivity index (χ0n) is 13.4. The fraction of sp³-hybridized carbons (Fsp3) is 0.500. The van der Waals surface area contributed by atoms with Crippen molar-refractivity contribution in [1.29, 1.82) is 0 Å². The van der Waals surface area contributed by atoms with Gasteiger partial charge in [0.1, 0.15) is 5.69 Å². The molecule has 2 heterocycles. The third kappa shape index (κ3) is 4.13. The maximum absolute atomic E-state index is 11.7. The highest BCUT2D eigenvalue weighted by Gasteiger charge is 2.26. The molecule has 1 fully saturated rings. The molecule has 2 aromatic heterocycles. The molecule has 0 radical (unpaired) electrons. The molecule has 0 aliphatic heterocycles. The minimum atomic E-state index is -0.522. The number of aryl methyl sites for hydroxylation is 1. The van der Waals surface area contributed by atoms with E-state index in [1.165, 1.54) is 6.20 Å². The fourth-order valence-corrected chi connectivity index (χ4v) is 2.01. The second-order valence-electron chi connectivity index (χ2n) is 6.26. The zero-order chi connectivity index (χ0) is 16.3. The number of nitrogens with one attached hydrogen (secondary N) is 2. The molecule has 0 spiro atoms. The predicted molar refractivity (Wildman–Crippen MR) is 85.9 cm³/mol. The zero-order valence-corrected chi connectivity index (χ0v) is 13.4. The molecule has 6 heteroatoms. The van der Waals surface area contributed by atoms with Crippen molar-refractivity contribution in [3.05, 3.63) is 44.4 Å². The SMILES string of the molecule is CC(C)C.Cc1nnc(-c2c[nH]c(=O)[nH]c2=O)cc1C1CC1. The van der Waals surface area contributed by atoms with Gasteiger partial charge in [0.25, 0.3) is 5.56 Å². The van der Waals surface area contributed by atoms with Gasteiger partial charge in [-0.15, -0.1) is 5.10 Å². The van der Waals surface area contributed by atoms with Crippen LogP contribution >= 0.6 is 0 Å². The first-order valence-corrected chi connectivity index (χ1v) is 7.55. The van der Waals surface area contributed by atoms with E-state index in [0.717, 1.165) is 30.0 Å². The van der Waals surface area contributed by atoms with Gasteiger partial charge in [0.15, 0.2) is 0 Å². The van der Waals surface area contributed by atoms with E-state index >= 15 is 0 Å². The van der Waals surface area contributed by atoms with E-state index in [4.69, 9.17) is 0 Å². The highest BCUT2D eigenvalue weighted by Crippen LogP contribution is 2.41. The van der Waals surface area contributed by atoms with Crippen LogP contribution in [0, 0.1) is 12.8 Å². The topological polar surface area (TPSA) is 91.5 Å². The molecule has 2 N–H and O–H groups in total. The summed E-state index contributed by atoms with van der Waals surface area (Å²) >= 11 is 0. The van der Waals surface area contributed by atoms with E-state index in [9.17, 15) is 9.59 Å². The van der Waals surface area contributed by atoms with Crippen molar-refractivity contribution in [3.8, 4) is 11.3 Å². The molecule has 0 saturated heterocycles. The van der Waals surface area contributed by atoms with Crippen molar-refractivity contribution in [2.45, 2.75) is 46.5 Å². The van der Waals surface area contributed by atoms with E-state index in [1.807, 2.05) is 13.0 Å². The van der Waals surface area contributed by atoms with Gasteiger partial charge < -0.3 is 4.98 Å². The van der Waals surface area contributed by atoms with Crippen LogP contribution in [0.2, 0.25) is 0 Å². The average Bonchev–Trinajstić information content (AvgIpc) is 3.23. The molecular formula is C16H22N4O2. The summed E-state index contributed by atoms with van der Waals surface area (Å²) in [6.45, 7) is 8.42. The summed E-state index contributed by atoms with van der Waals surface area (Å²) in [6.07, 6.45) is 3.69. The summed E-state index contributed by atoms with van der Waals surface area (Å²) in [5.41, 5.74) is 1.92. The summed E-state index contributed by atoms with van der Waals surface area (Å²) in [4.78, 5) is 27.3. The van der Waals surface area contributed by atoms with Gasteiger partial charge in [-0.2, -0.15) is 5.10 Å². The largest absolute Gasteiger partial charge is 0.325 e. The first kappa shape index (κ1) is 16.1. The first-order chi connectivity index (χ1) is 10.4. The van der Waals surface area contributed by atoms with Crippen LogP contribution < -0.4 is 11.2 Å². The van der Waals surface area contributed by atoms with Crippen molar-refractivity contribution in [2.24, 2.45) is 5.92 Å². The number of hydrogen-bond donors (Lipinski definition) is 2. The molecule has 0 bridgehead atoms. The lowest BCUT2D eigenvalue weighted by Gasteiger charge is -2.04. The van der Waals surface area contributed by atoms with Crippen molar-refractivity contribution in [1.82, 2.24) is 20.2 Å². The van der Waals surface area contributed by atoms with E-state index in [1.54, 1.807) is 0 Å². The Morgan fingerprint density at radius 1 is 1.18 bits per heavy atom. The van der Waals surface area contributed by atoms with E-state index in [-0.39, 0.29) is 0 Å². The number of aromatic nitrogens is 4. The Hall–Kier alpha value is -2.24. The second kappa shape index (κ2) is 6.68. The Balaban J connectivity index is 0.000000396. The molecule has 118 valence electrons. The highest BCUT2D eigenvalue weighted by atomic mass is 16.2. The smallest absolute Gasteiger partial charge is 0.313 e. The van der Waals surface area contributed by atoms with Crippen molar-refractivity contribution in [3.63, 3.8) is 0 Å². The van der Waals surface area contributed by atoms with Gasteiger partial charge in [-0.3, -0.25) is 9.78 Å². The maximum atomic E-state index is 11.7. The molecule has 3 rings (SSSR count). The third-order valence-corrected chi connectivity index (χ3v) is 3.13. The Morgan fingerprint density at radius 3 is 2.36 bits per heavy atom. The quantitative estimate of drug-likeness (QED) is 0.891. The Labute approximate surface area is 129 Å². The van der Waals surface area contributed by atoms with E-state index in [0.29, 0.717) is 17.2 Å².